The molecule has 2 aromatic heterocycles. The molecule has 0 bridgehead atoms. The van der Waals surface area contributed by atoms with Gasteiger partial charge in [-0.3, -0.25) is 19.9 Å². The van der Waals surface area contributed by atoms with E-state index in [0.29, 0.717) is 35.0 Å². The van der Waals surface area contributed by atoms with Gasteiger partial charge in [0.25, 0.3) is 0 Å². The minimum absolute atomic E-state index is 0.0357. The molecular weight excluding hydrogens is 490 g/mol. The number of rotatable bonds is 7. The van der Waals surface area contributed by atoms with Crippen molar-refractivity contribution in [2.75, 3.05) is 51.1 Å². The number of ether oxygens (including phenoxy) is 2. The van der Waals surface area contributed by atoms with E-state index in [1.165, 1.54) is 11.8 Å². The number of amides is 1. The Labute approximate surface area is 218 Å². The molecular formula is C26H29N7O3S. The lowest BCUT2D eigenvalue weighted by Gasteiger charge is -2.36. The average Bonchev–Trinajstić information content (AvgIpc) is 3.32. The lowest BCUT2D eigenvalue weighted by Crippen LogP contribution is -2.49. The van der Waals surface area contributed by atoms with Crippen molar-refractivity contribution in [3.05, 3.63) is 59.7 Å². The van der Waals surface area contributed by atoms with E-state index in [1.807, 2.05) is 60.4 Å². The standard InChI is InChI=1S/C26H29N7O3S/c1-17-23-24(27)33(18-7-6-8-19(15-18)35-2)26(28-25(23)30-29-17)37-16-22(34)32-13-11-31(12-14-32)20-9-4-5-10-21(20)36-3/h4-10,15,27H,11-14,16H2,1-3H3,(H,29,30). The second-order valence-electron chi connectivity index (χ2n) is 8.66. The molecule has 4 aromatic rings. The third-order valence-corrected chi connectivity index (χ3v) is 7.40. The van der Waals surface area contributed by atoms with E-state index in [2.05, 4.69) is 15.1 Å². The third kappa shape index (κ3) is 4.86. The minimum Gasteiger partial charge on any atom is -0.497 e. The summed E-state index contributed by atoms with van der Waals surface area (Å²) < 4.78 is 12.6. The molecule has 0 saturated carbocycles. The summed E-state index contributed by atoms with van der Waals surface area (Å²) in [4.78, 5) is 22.0. The first-order chi connectivity index (χ1) is 18.0. The molecule has 37 heavy (non-hydrogen) atoms. The van der Waals surface area contributed by atoms with Gasteiger partial charge in [0.05, 0.1) is 36.7 Å². The molecule has 0 aliphatic carbocycles. The maximum atomic E-state index is 13.2. The van der Waals surface area contributed by atoms with E-state index in [1.54, 1.807) is 18.8 Å². The van der Waals surface area contributed by atoms with Crippen LogP contribution in [0, 0.1) is 12.3 Å². The number of hydrogen-bond acceptors (Lipinski definition) is 8. The zero-order valence-corrected chi connectivity index (χ0v) is 21.8. The van der Waals surface area contributed by atoms with Crippen LogP contribution in [0.2, 0.25) is 0 Å². The maximum absolute atomic E-state index is 13.2. The van der Waals surface area contributed by atoms with E-state index in [-0.39, 0.29) is 17.1 Å². The number of benzene rings is 2. The first-order valence-corrected chi connectivity index (χ1v) is 12.9. The number of fused-ring (bicyclic) bond motifs is 1. The van der Waals surface area contributed by atoms with Gasteiger partial charge in [-0.2, -0.15) is 5.10 Å². The summed E-state index contributed by atoms with van der Waals surface area (Å²) in [6.45, 7) is 4.58. The minimum atomic E-state index is 0.0357. The molecule has 1 saturated heterocycles. The number of nitrogens with zero attached hydrogens (tertiary/aromatic N) is 5. The number of hydrogen-bond donors (Lipinski definition) is 2. The predicted octanol–water partition coefficient (Wildman–Crippen LogP) is 2.99. The fourth-order valence-corrected chi connectivity index (χ4v) is 5.43. The van der Waals surface area contributed by atoms with Gasteiger partial charge < -0.3 is 19.3 Å². The first kappa shape index (κ1) is 24.7. The van der Waals surface area contributed by atoms with Gasteiger partial charge >= 0.3 is 0 Å². The van der Waals surface area contributed by atoms with Crippen molar-refractivity contribution in [1.29, 1.82) is 5.41 Å². The van der Waals surface area contributed by atoms with E-state index in [9.17, 15) is 4.79 Å². The van der Waals surface area contributed by atoms with Crippen LogP contribution in [0.5, 0.6) is 11.5 Å². The molecule has 1 aliphatic heterocycles. The largest absolute Gasteiger partial charge is 0.497 e. The molecule has 1 amide bonds. The summed E-state index contributed by atoms with van der Waals surface area (Å²) >= 11 is 1.31. The Hall–Kier alpha value is -3.99. The van der Waals surface area contributed by atoms with Crippen LogP contribution in [0.25, 0.3) is 16.7 Å². The summed E-state index contributed by atoms with van der Waals surface area (Å²) in [6.07, 6.45) is 0. The molecule has 5 rings (SSSR count). The summed E-state index contributed by atoms with van der Waals surface area (Å²) in [7, 11) is 3.28. The van der Waals surface area contributed by atoms with Gasteiger partial charge in [0.1, 0.15) is 17.0 Å². The van der Waals surface area contributed by atoms with E-state index < -0.39 is 0 Å². The number of H-pyrrole nitrogens is 1. The Morgan fingerprint density at radius 2 is 1.86 bits per heavy atom. The van der Waals surface area contributed by atoms with E-state index >= 15 is 0 Å². The van der Waals surface area contributed by atoms with Crippen LogP contribution in [-0.4, -0.2) is 76.7 Å². The number of aromatic amines is 1. The van der Waals surface area contributed by atoms with Crippen molar-refractivity contribution in [2.24, 2.45) is 0 Å². The van der Waals surface area contributed by atoms with Crippen molar-refractivity contribution < 1.29 is 14.3 Å². The Bertz CT molecular complexity index is 1490. The topological polar surface area (TPSA) is 112 Å². The van der Waals surface area contributed by atoms with Gasteiger partial charge in [-0.25, -0.2) is 4.98 Å². The number of piperazine rings is 1. The number of methoxy groups -OCH3 is 2. The van der Waals surface area contributed by atoms with Gasteiger partial charge in [0, 0.05) is 37.9 Å². The fourth-order valence-electron chi connectivity index (χ4n) is 4.52. The number of carbonyl (C=O) groups is 1. The Kier molecular flexibility index (Phi) is 7.04. The summed E-state index contributed by atoms with van der Waals surface area (Å²) in [5.74, 6) is 1.75. The highest BCUT2D eigenvalue weighted by molar-refractivity contribution is 7.99. The van der Waals surface area contributed by atoms with Crippen LogP contribution in [0.15, 0.2) is 53.7 Å². The molecule has 0 unspecified atom stereocenters. The quantitative estimate of drug-likeness (QED) is 0.285. The Morgan fingerprint density at radius 3 is 2.62 bits per heavy atom. The monoisotopic (exact) mass is 519 g/mol. The van der Waals surface area contributed by atoms with Crippen LogP contribution in [0.3, 0.4) is 0 Å². The number of aromatic nitrogens is 4. The van der Waals surface area contributed by atoms with Crippen molar-refractivity contribution in [1.82, 2.24) is 24.6 Å². The number of thioether (sulfide) groups is 1. The highest BCUT2D eigenvalue weighted by Crippen LogP contribution is 2.29. The molecule has 1 aliphatic rings. The van der Waals surface area contributed by atoms with E-state index in [0.717, 1.165) is 35.9 Å². The zero-order chi connectivity index (χ0) is 25.9. The van der Waals surface area contributed by atoms with Crippen LogP contribution < -0.4 is 19.9 Å². The first-order valence-electron chi connectivity index (χ1n) is 12.0. The summed E-state index contributed by atoms with van der Waals surface area (Å²) in [5, 5.41) is 17.3. The second-order valence-corrected chi connectivity index (χ2v) is 9.60. The van der Waals surface area contributed by atoms with Crippen LogP contribution in [-0.2, 0) is 4.79 Å². The third-order valence-electron chi connectivity index (χ3n) is 6.48. The second kappa shape index (κ2) is 10.6. The molecule has 1 fully saturated rings. The molecule has 2 N–H and O–H groups in total. The molecule has 0 atom stereocenters. The smallest absolute Gasteiger partial charge is 0.233 e. The number of anilines is 1. The SMILES string of the molecule is COc1cccc(-n2c(SCC(=O)N3CCN(c4ccccc4OC)CC3)nc3n[nH]c(C)c3c2=N)c1. The van der Waals surface area contributed by atoms with Crippen LogP contribution in [0.1, 0.15) is 5.69 Å². The normalized spacial score (nSPS) is 13.7. The van der Waals surface area contributed by atoms with Gasteiger partial charge in [-0.05, 0) is 31.2 Å². The van der Waals surface area contributed by atoms with Crippen molar-refractivity contribution in [2.45, 2.75) is 12.1 Å². The Morgan fingerprint density at radius 1 is 1.08 bits per heavy atom. The van der Waals surface area contributed by atoms with E-state index in [4.69, 9.17) is 19.9 Å². The lowest BCUT2D eigenvalue weighted by molar-refractivity contribution is -0.128. The highest BCUT2D eigenvalue weighted by Gasteiger charge is 2.24. The molecule has 2 aromatic carbocycles. The predicted molar refractivity (Wildman–Crippen MR) is 143 cm³/mol. The number of aryl methyl sites for hydroxylation is 1. The van der Waals surface area contributed by atoms with Gasteiger partial charge in [-0.1, -0.05) is 30.0 Å². The zero-order valence-electron chi connectivity index (χ0n) is 21.0. The summed E-state index contributed by atoms with van der Waals surface area (Å²) in [5.41, 5.74) is 3.26. The molecule has 3 heterocycles. The molecule has 10 nitrogen and oxygen atoms in total. The molecule has 11 heteroatoms. The van der Waals surface area contributed by atoms with Crippen molar-refractivity contribution >= 4 is 34.4 Å². The van der Waals surface area contributed by atoms with Gasteiger partial charge in [-0.15, -0.1) is 0 Å². The number of para-hydroxylation sites is 2. The number of carbonyl (C=O) groups excluding carboxylic acids is 1. The van der Waals surface area contributed by atoms with Gasteiger partial charge in [0.2, 0.25) is 5.91 Å². The average molecular weight is 520 g/mol. The van der Waals surface area contributed by atoms with Crippen LogP contribution in [0.4, 0.5) is 5.69 Å². The summed E-state index contributed by atoms with van der Waals surface area (Å²) in [6, 6.07) is 15.4. The van der Waals surface area contributed by atoms with Crippen molar-refractivity contribution in [3.63, 3.8) is 0 Å². The highest BCUT2D eigenvalue weighted by atomic mass is 32.2. The fraction of sp³-hybridized carbons (Fsp3) is 0.308. The molecule has 0 spiro atoms. The van der Waals surface area contributed by atoms with Crippen molar-refractivity contribution in [3.8, 4) is 17.2 Å². The van der Waals surface area contributed by atoms with Crippen LogP contribution >= 0.6 is 11.8 Å². The van der Waals surface area contributed by atoms with Gasteiger partial charge in [0.15, 0.2) is 10.8 Å². The molecule has 192 valence electrons. The maximum Gasteiger partial charge on any atom is 0.233 e. The Balaban J connectivity index is 1.34. The lowest BCUT2D eigenvalue weighted by atomic mass is 10.2. The molecule has 0 radical (unpaired) electrons. The number of nitrogens with one attached hydrogen (secondary N) is 2.